The third-order valence-electron chi connectivity index (χ3n) is 2.19. The molecule has 96 valence electrons. The molecule has 0 saturated heterocycles. The number of aryl methyl sites for hydroxylation is 1. The zero-order valence-corrected chi connectivity index (χ0v) is 10.5. The molecule has 0 bridgehead atoms. The number of nitrogens with zero attached hydrogens (tertiary/aromatic N) is 1. The van der Waals surface area contributed by atoms with Crippen molar-refractivity contribution in [2.75, 3.05) is 26.4 Å². The highest BCUT2D eigenvalue weighted by Crippen LogP contribution is 2.12. The lowest BCUT2D eigenvalue weighted by Crippen LogP contribution is -2.27. The highest BCUT2D eigenvalue weighted by atomic mass is 35.5. The van der Waals surface area contributed by atoms with Crippen LogP contribution in [0.15, 0.2) is 12.3 Å². The Kier molecular flexibility index (Phi) is 6.04. The van der Waals surface area contributed by atoms with Gasteiger partial charge in [-0.25, -0.2) is 0 Å². The summed E-state index contributed by atoms with van der Waals surface area (Å²) in [6, 6.07) is 1.62. The summed E-state index contributed by atoms with van der Waals surface area (Å²) in [6.07, 6.45) is 2.39. The van der Waals surface area contributed by atoms with Gasteiger partial charge in [-0.15, -0.1) is 0 Å². The van der Waals surface area contributed by atoms with Gasteiger partial charge in [-0.1, -0.05) is 11.6 Å². The van der Waals surface area contributed by atoms with E-state index in [0.29, 0.717) is 36.9 Å². The molecule has 1 aromatic rings. The summed E-state index contributed by atoms with van der Waals surface area (Å²) < 4.78 is 6.75. The van der Waals surface area contributed by atoms with Crippen molar-refractivity contribution in [1.29, 1.82) is 0 Å². The molecule has 0 spiro atoms. The second kappa shape index (κ2) is 7.32. The maximum Gasteiger partial charge on any atom is 0.267 e. The SMILES string of the molecule is Cn1cc(Cl)cc1C(=O)NCCCOCCO. The number of nitrogens with one attached hydrogen (secondary N) is 1. The van der Waals surface area contributed by atoms with Gasteiger partial charge in [0, 0.05) is 26.4 Å². The average molecular weight is 261 g/mol. The topological polar surface area (TPSA) is 63.5 Å². The first-order chi connectivity index (χ1) is 8.15. The highest BCUT2D eigenvalue weighted by molar-refractivity contribution is 6.31. The summed E-state index contributed by atoms with van der Waals surface area (Å²) in [5, 5.41) is 11.8. The number of hydrogen-bond acceptors (Lipinski definition) is 3. The van der Waals surface area contributed by atoms with Crippen LogP contribution < -0.4 is 5.32 Å². The predicted octanol–water partition coefficient (Wildman–Crippen LogP) is 0.807. The number of carbonyl (C=O) groups excluding carboxylic acids is 1. The van der Waals surface area contributed by atoms with Crippen molar-refractivity contribution in [3.05, 3.63) is 23.0 Å². The monoisotopic (exact) mass is 260 g/mol. The second-order valence-electron chi connectivity index (χ2n) is 3.60. The second-order valence-corrected chi connectivity index (χ2v) is 4.04. The number of aromatic nitrogens is 1. The van der Waals surface area contributed by atoms with Crippen LogP contribution in [0.2, 0.25) is 5.02 Å². The van der Waals surface area contributed by atoms with Crippen LogP contribution in [0, 0.1) is 0 Å². The van der Waals surface area contributed by atoms with Crippen LogP contribution in [0.25, 0.3) is 0 Å². The Labute approximate surface area is 105 Å². The van der Waals surface area contributed by atoms with Crippen molar-refractivity contribution in [2.24, 2.45) is 7.05 Å². The minimum atomic E-state index is -0.151. The summed E-state index contributed by atoms with van der Waals surface area (Å²) in [7, 11) is 1.77. The van der Waals surface area contributed by atoms with E-state index in [2.05, 4.69) is 5.32 Å². The largest absolute Gasteiger partial charge is 0.394 e. The number of carbonyl (C=O) groups is 1. The van der Waals surface area contributed by atoms with E-state index in [9.17, 15) is 4.79 Å². The Morgan fingerprint density at radius 3 is 2.94 bits per heavy atom. The van der Waals surface area contributed by atoms with Crippen molar-refractivity contribution < 1.29 is 14.6 Å². The van der Waals surface area contributed by atoms with Crippen LogP contribution in [0.5, 0.6) is 0 Å². The van der Waals surface area contributed by atoms with Crippen molar-refractivity contribution in [1.82, 2.24) is 9.88 Å². The zero-order valence-electron chi connectivity index (χ0n) is 9.78. The summed E-state index contributed by atoms with van der Waals surface area (Å²) in [4.78, 5) is 11.7. The van der Waals surface area contributed by atoms with Crippen molar-refractivity contribution in [3.63, 3.8) is 0 Å². The Bertz CT molecular complexity index is 366. The van der Waals surface area contributed by atoms with Crippen LogP contribution >= 0.6 is 11.6 Å². The van der Waals surface area contributed by atoms with Gasteiger partial charge in [-0.05, 0) is 12.5 Å². The number of aliphatic hydroxyl groups is 1. The molecular weight excluding hydrogens is 244 g/mol. The van der Waals surface area contributed by atoms with E-state index >= 15 is 0 Å². The predicted molar refractivity (Wildman–Crippen MR) is 65.3 cm³/mol. The third-order valence-corrected chi connectivity index (χ3v) is 2.40. The highest BCUT2D eigenvalue weighted by Gasteiger charge is 2.09. The summed E-state index contributed by atoms with van der Waals surface area (Å²) in [6.45, 7) is 1.41. The number of aliphatic hydroxyl groups excluding tert-OH is 1. The average Bonchev–Trinajstić information content (AvgIpc) is 2.62. The third kappa shape index (κ3) is 4.77. The van der Waals surface area contributed by atoms with E-state index in [1.807, 2.05) is 0 Å². The number of ether oxygens (including phenoxy) is 1. The minimum absolute atomic E-state index is 0.0220. The smallest absolute Gasteiger partial charge is 0.267 e. The lowest BCUT2D eigenvalue weighted by Gasteiger charge is -2.06. The molecule has 1 heterocycles. The van der Waals surface area contributed by atoms with E-state index in [4.69, 9.17) is 21.4 Å². The van der Waals surface area contributed by atoms with E-state index in [0.717, 1.165) is 0 Å². The molecule has 1 rings (SSSR count). The molecule has 0 atom stereocenters. The Hall–Kier alpha value is -1.04. The van der Waals surface area contributed by atoms with E-state index in [-0.39, 0.29) is 12.5 Å². The Morgan fingerprint density at radius 1 is 1.59 bits per heavy atom. The van der Waals surface area contributed by atoms with Gasteiger partial charge in [-0.2, -0.15) is 0 Å². The fourth-order valence-electron chi connectivity index (χ4n) is 1.38. The molecule has 0 saturated carbocycles. The molecular formula is C11H17ClN2O3. The van der Waals surface area contributed by atoms with Gasteiger partial charge in [0.2, 0.25) is 0 Å². The van der Waals surface area contributed by atoms with Gasteiger partial charge >= 0.3 is 0 Å². The van der Waals surface area contributed by atoms with Gasteiger partial charge < -0.3 is 19.7 Å². The summed E-state index contributed by atoms with van der Waals surface area (Å²) in [5.41, 5.74) is 0.534. The number of hydrogen-bond donors (Lipinski definition) is 2. The first kappa shape index (κ1) is 14.0. The molecule has 0 radical (unpaired) electrons. The van der Waals surface area contributed by atoms with Crippen LogP contribution in [0.3, 0.4) is 0 Å². The van der Waals surface area contributed by atoms with E-state index < -0.39 is 0 Å². The molecule has 0 aliphatic carbocycles. The van der Waals surface area contributed by atoms with Gasteiger partial charge in [0.05, 0.1) is 18.2 Å². The molecule has 1 amide bonds. The molecule has 0 fully saturated rings. The van der Waals surface area contributed by atoms with Crippen LogP contribution in [-0.4, -0.2) is 41.9 Å². The maximum atomic E-state index is 11.7. The number of halogens is 1. The van der Waals surface area contributed by atoms with E-state index in [1.54, 1.807) is 23.9 Å². The van der Waals surface area contributed by atoms with Crippen LogP contribution in [-0.2, 0) is 11.8 Å². The Morgan fingerprint density at radius 2 is 2.35 bits per heavy atom. The summed E-state index contributed by atoms with van der Waals surface area (Å²) >= 11 is 5.78. The van der Waals surface area contributed by atoms with Crippen LogP contribution in [0.1, 0.15) is 16.9 Å². The standard InChI is InChI=1S/C11H17ClN2O3/c1-14-8-9(12)7-10(14)11(16)13-3-2-5-17-6-4-15/h7-8,15H,2-6H2,1H3,(H,13,16). The lowest BCUT2D eigenvalue weighted by molar-refractivity contribution is 0.0864. The molecule has 6 heteroatoms. The van der Waals surface area contributed by atoms with Gasteiger partial charge in [0.15, 0.2) is 0 Å². The fourth-order valence-corrected chi connectivity index (χ4v) is 1.63. The first-order valence-corrected chi connectivity index (χ1v) is 5.81. The van der Waals surface area contributed by atoms with Crippen LogP contribution in [0.4, 0.5) is 0 Å². The van der Waals surface area contributed by atoms with Crippen molar-refractivity contribution in [3.8, 4) is 0 Å². The first-order valence-electron chi connectivity index (χ1n) is 5.44. The van der Waals surface area contributed by atoms with Gasteiger partial charge in [-0.3, -0.25) is 4.79 Å². The molecule has 2 N–H and O–H groups in total. The molecule has 0 unspecified atom stereocenters. The number of amides is 1. The quantitative estimate of drug-likeness (QED) is 0.713. The summed E-state index contributed by atoms with van der Waals surface area (Å²) in [5.74, 6) is -0.151. The minimum Gasteiger partial charge on any atom is -0.394 e. The molecule has 0 aliphatic heterocycles. The molecule has 5 nitrogen and oxygen atoms in total. The number of rotatable bonds is 7. The normalized spacial score (nSPS) is 10.5. The zero-order chi connectivity index (χ0) is 12.7. The fraction of sp³-hybridized carbons (Fsp3) is 0.545. The van der Waals surface area contributed by atoms with Gasteiger partial charge in [0.25, 0.3) is 5.91 Å². The molecule has 1 aromatic heterocycles. The van der Waals surface area contributed by atoms with Gasteiger partial charge in [0.1, 0.15) is 5.69 Å². The molecule has 0 aliphatic rings. The molecule has 17 heavy (non-hydrogen) atoms. The maximum absolute atomic E-state index is 11.7. The van der Waals surface area contributed by atoms with E-state index in [1.165, 1.54) is 0 Å². The van der Waals surface area contributed by atoms with Crippen molar-refractivity contribution >= 4 is 17.5 Å². The lowest BCUT2D eigenvalue weighted by atomic mass is 10.3. The Balaban J connectivity index is 2.23. The molecule has 0 aromatic carbocycles. The van der Waals surface area contributed by atoms with Crippen molar-refractivity contribution in [2.45, 2.75) is 6.42 Å².